The molecule has 2 aromatic carbocycles. The predicted molar refractivity (Wildman–Crippen MR) is 132 cm³/mol. The summed E-state index contributed by atoms with van der Waals surface area (Å²) < 4.78 is 19.0. The van der Waals surface area contributed by atoms with Gasteiger partial charge < -0.3 is 14.3 Å². The molecule has 4 aromatic rings. The molecule has 2 aromatic heterocycles. The minimum atomic E-state index is -0.319. The highest BCUT2D eigenvalue weighted by atomic mass is 19.1. The van der Waals surface area contributed by atoms with E-state index in [9.17, 15) is 9.18 Å². The number of nitrogens with zero attached hydrogens (tertiary/aromatic N) is 5. The SMILES string of the molecule is CC(C)N(Cc1ccccc1)C(=O)[C@H]1CCCN(c2ncnc3onc(-c4ccc(F)cc4)c23)C1. The normalized spacial score (nSPS) is 16.1. The van der Waals surface area contributed by atoms with Crippen LogP contribution in [-0.4, -0.2) is 45.1 Å². The van der Waals surface area contributed by atoms with Crippen molar-refractivity contribution < 1.29 is 13.7 Å². The quantitative estimate of drug-likeness (QED) is 0.389. The van der Waals surface area contributed by atoms with E-state index in [2.05, 4.69) is 46.0 Å². The van der Waals surface area contributed by atoms with Crippen LogP contribution in [0.4, 0.5) is 10.2 Å². The smallest absolute Gasteiger partial charge is 0.263 e. The first kappa shape index (κ1) is 23.0. The number of rotatable bonds is 6. The highest BCUT2D eigenvalue weighted by Crippen LogP contribution is 2.35. The summed E-state index contributed by atoms with van der Waals surface area (Å²) in [6.07, 6.45) is 3.16. The number of hydrogen-bond donors (Lipinski definition) is 0. The summed E-state index contributed by atoms with van der Waals surface area (Å²) in [6.45, 7) is 6.02. The van der Waals surface area contributed by atoms with Crippen molar-refractivity contribution in [1.29, 1.82) is 0 Å². The molecule has 8 heteroatoms. The number of carbonyl (C=O) groups excluding carboxylic acids is 1. The summed E-state index contributed by atoms with van der Waals surface area (Å²) in [5.74, 6) is 0.379. The molecule has 1 amide bonds. The summed E-state index contributed by atoms with van der Waals surface area (Å²) in [6, 6.07) is 16.3. The second-order valence-electron chi connectivity index (χ2n) is 9.25. The maximum atomic E-state index is 13.7. The molecule has 180 valence electrons. The standard InChI is InChI=1S/C27H28FN5O2/c1-18(2)33(15-19-7-4-3-5-8-19)27(34)21-9-6-14-32(16-21)25-23-24(20-10-12-22(28)13-11-20)31-35-26(23)30-17-29-25/h3-5,7-8,10-13,17-18,21H,6,9,14-16H2,1-2H3/t21-/m0/s1. The van der Waals surface area contributed by atoms with Crippen LogP contribution in [0.25, 0.3) is 22.4 Å². The summed E-state index contributed by atoms with van der Waals surface area (Å²) >= 11 is 0. The first-order valence-corrected chi connectivity index (χ1v) is 12.0. The second-order valence-corrected chi connectivity index (χ2v) is 9.25. The lowest BCUT2D eigenvalue weighted by Gasteiger charge is -2.37. The van der Waals surface area contributed by atoms with E-state index in [0.717, 1.165) is 30.5 Å². The van der Waals surface area contributed by atoms with Gasteiger partial charge in [0.2, 0.25) is 5.91 Å². The van der Waals surface area contributed by atoms with E-state index in [1.807, 2.05) is 23.1 Å². The molecule has 0 bridgehead atoms. The molecule has 1 fully saturated rings. The fraction of sp³-hybridized carbons (Fsp3) is 0.333. The van der Waals surface area contributed by atoms with E-state index in [1.54, 1.807) is 12.1 Å². The van der Waals surface area contributed by atoms with Gasteiger partial charge in [-0.05, 0) is 56.5 Å². The van der Waals surface area contributed by atoms with Crippen molar-refractivity contribution in [3.05, 3.63) is 72.3 Å². The zero-order valence-corrected chi connectivity index (χ0v) is 19.9. The van der Waals surface area contributed by atoms with Gasteiger partial charge in [0.1, 0.15) is 29.0 Å². The zero-order chi connectivity index (χ0) is 24.4. The number of carbonyl (C=O) groups is 1. The van der Waals surface area contributed by atoms with Crippen molar-refractivity contribution >= 4 is 22.8 Å². The van der Waals surface area contributed by atoms with E-state index >= 15 is 0 Å². The minimum Gasteiger partial charge on any atom is -0.355 e. The van der Waals surface area contributed by atoms with Gasteiger partial charge in [-0.3, -0.25) is 4.79 Å². The van der Waals surface area contributed by atoms with Gasteiger partial charge >= 0.3 is 0 Å². The zero-order valence-electron chi connectivity index (χ0n) is 19.9. The number of anilines is 1. The van der Waals surface area contributed by atoms with E-state index in [1.165, 1.54) is 18.5 Å². The minimum absolute atomic E-state index is 0.0898. The molecular formula is C27H28FN5O2. The van der Waals surface area contributed by atoms with Crippen molar-refractivity contribution in [3.63, 3.8) is 0 Å². The average molecular weight is 474 g/mol. The van der Waals surface area contributed by atoms with Crippen molar-refractivity contribution in [2.24, 2.45) is 5.92 Å². The third kappa shape index (κ3) is 4.73. The number of amides is 1. The van der Waals surface area contributed by atoms with Crippen LogP contribution >= 0.6 is 0 Å². The monoisotopic (exact) mass is 473 g/mol. The van der Waals surface area contributed by atoms with Crippen molar-refractivity contribution in [2.75, 3.05) is 18.0 Å². The average Bonchev–Trinajstić information content (AvgIpc) is 3.32. The molecule has 0 saturated carbocycles. The van der Waals surface area contributed by atoms with Crippen LogP contribution in [-0.2, 0) is 11.3 Å². The predicted octanol–water partition coefficient (Wildman–Crippen LogP) is 5.08. The Morgan fingerprint density at radius 2 is 1.91 bits per heavy atom. The second kappa shape index (κ2) is 9.82. The maximum Gasteiger partial charge on any atom is 0.263 e. The van der Waals surface area contributed by atoms with Gasteiger partial charge in [0.05, 0.1) is 5.92 Å². The lowest BCUT2D eigenvalue weighted by atomic mass is 9.95. The fourth-order valence-corrected chi connectivity index (χ4v) is 4.72. The van der Waals surface area contributed by atoms with Crippen LogP contribution in [0.3, 0.4) is 0 Å². The molecule has 1 saturated heterocycles. The third-order valence-corrected chi connectivity index (χ3v) is 6.54. The Morgan fingerprint density at radius 1 is 1.14 bits per heavy atom. The molecular weight excluding hydrogens is 445 g/mol. The van der Waals surface area contributed by atoms with Gasteiger partial charge in [-0.25, -0.2) is 9.37 Å². The van der Waals surface area contributed by atoms with Crippen LogP contribution in [0.15, 0.2) is 65.4 Å². The van der Waals surface area contributed by atoms with Gasteiger partial charge in [0.25, 0.3) is 5.71 Å². The van der Waals surface area contributed by atoms with Crippen LogP contribution < -0.4 is 4.90 Å². The largest absolute Gasteiger partial charge is 0.355 e. The third-order valence-electron chi connectivity index (χ3n) is 6.54. The Morgan fingerprint density at radius 3 is 2.66 bits per heavy atom. The number of piperidine rings is 1. The summed E-state index contributed by atoms with van der Waals surface area (Å²) in [5, 5.41) is 4.88. The molecule has 5 rings (SSSR count). The summed E-state index contributed by atoms with van der Waals surface area (Å²) in [7, 11) is 0. The molecule has 0 N–H and O–H groups in total. The number of aromatic nitrogens is 3. The highest BCUT2D eigenvalue weighted by Gasteiger charge is 2.32. The van der Waals surface area contributed by atoms with Crippen LogP contribution in [0.2, 0.25) is 0 Å². The van der Waals surface area contributed by atoms with Crippen LogP contribution in [0.5, 0.6) is 0 Å². The topological polar surface area (TPSA) is 75.4 Å². The Bertz CT molecular complexity index is 1310. The van der Waals surface area contributed by atoms with E-state index in [4.69, 9.17) is 4.52 Å². The number of benzene rings is 2. The molecule has 35 heavy (non-hydrogen) atoms. The number of fused-ring (bicyclic) bond motifs is 1. The van der Waals surface area contributed by atoms with Crippen LogP contribution in [0.1, 0.15) is 32.3 Å². The summed E-state index contributed by atoms with van der Waals surface area (Å²) in [4.78, 5) is 26.5. The number of halogens is 1. The Labute approximate surface area is 203 Å². The van der Waals surface area contributed by atoms with Crippen molar-refractivity contribution in [2.45, 2.75) is 39.3 Å². The van der Waals surface area contributed by atoms with Crippen molar-refractivity contribution in [1.82, 2.24) is 20.0 Å². The molecule has 1 aliphatic rings. The van der Waals surface area contributed by atoms with Crippen LogP contribution in [0, 0.1) is 11.7 Å². The van der Waals surface area contributed by atoms with E-state index in [-0.39, 0.29) is 23.7 Å². The molecule has 3 heterocycles. The summed E-state index contributed by atoms with van der Waals surface area (Å²) in [5.41, 5.74) is 2.78. The lowest BCUT2D eigenvalue weighted by molar-refractivity contribution is -0.138. The van der Waals surface area contributed by atoms with Gasteiger partial charge in [0, 0.05) is 31.2 Å². The molecule has 7 nitrogen and oxygen atoms in total. The number of hydrogen-bond acceptors (Lipinski definition) is 6. The molecule has 0 spiro atoms. The Kier molecular flexibility index (Phi) is 6.44. The lowest BCUT2D eigenvalue weighted by Crippen LogP contribution is -2.47. The molecule has 1 atom stereocenters. The maximum absolute atomic E-state index is 13.7. The van der Waals surface area contributed by atoms with Gasteiger partial charge in [-0.15, -0.1) is 0 Å². The Hall–Kier alpha value is -3.81. The van der Waals surface area contributed by atoms with Gasteiger partial charge in [-0.2, -0.15) is 4.98 Å². The van der Waals surface area contributed by atoms with E-state index < -0.39 is 0 Å². The molecule has 0 radical (unpaired) electrons. The van der Waals surface area contributed by atoms with E-state index in [0.29, 0.717) is 35.7 Å². The van der Waals surface area contributed by atoms with Gasteiger partial charge in [-0.1, -0.05) is 35.5 Å². The van der Waals surface area contributed by atoms with Gasteiger partial charge in [0.15, 0.2) is 0 Å². The molecule has 0 aliphatic carbocycles. The fourth-order valence-electron chi connectivity index (χ4n) is 4.72. The first-order valence-electron chi connectivity index (χ1n) is 12.0. The molecule has 1 aliphatic heterocycles. The molecule has 0 unspecified atom stereocenters. The highest BCUT2D eigenvalue weighted by molar-refractivity contribution is 5.98. The van der Waals surface area contributed by atoms with Crippen molar-refractivity contribution in [3.8, 4) is 11.3 Å². The first-order chi connectivity index (χ1) is 17.0. The Balaban J connectivity index is 1.42.